The molecule has 0 unspecified atom stereocenters. The van der Waals surface area contributed by atoms with Crippen molar-refractivity contribution in [3.8, 4) is 0 Å². The molecule has 0 aromatic heterocycles. The Labute approximate surface area is 107 Å². The number of hydrogen-bond acceptors (Lipinski definition) is 1. The summed E-state index contributed by atoms with van der Waals surface area (Å²) in [4.78, 5) is 11.9. The minimum Gasteiger partial charge on any atom is -0.353 e. The van der Waals surface area contributed by atoms with Gasteiger partial charge in [0.1, 0.15) is 5.82 Å². The fourth-order valence-corrected chi connectivity index (χ4v) is 3.49. The topological polar surface area (TPSA) is 29.1 Å². The molecule has 2 saturated carbocycles. The van der Waals surface area contributed by atoms with Gasteiger partial charge in [0.05, 0.1) is 6.42 Å². The van der Waals surface area contributed by atoms with E-state index in [2.05, 4.69) is 5.32 Å². The summed E-state index contributed by atoms with van der Waals surface area (Å²) in [6.45, 7) is 0. The summed E-state index contributed by atoms with van der Waals surface area (Å²) >= 11 is 0. The molecule has 2 fully saturated rings. The van der Waals surface area contributed by atoms with Crippen molar-refractivity contribution in [3.05, 3.63) is 35.6 Å². The van der Waals surface area contributed by atoms with Crippen LogP contribution in [0.1, 0.15) is 31.2 Å². The molecule has 1 aromatic carbocycles. The average molecular weight is 247 g/mol. The van der Waals surface area contributed by atoms with Crippen molar-refractivity contribution in [2.24, 2.45) is 11.8 Å². The zero-order valence-corrected chi connectivity index (χ0v) is 10.4. The first kappa shape index (κ1) is 11.7. The van der Waals surface area contributed by atoms with E-state index in [0.29, 0.717) is 17.5 Å². The van der Waals surface area contributed by atoms with Gasteiger partial charge in [-0.15, -0.1) is 0 Å². The van der Waals surface area contributed by atoms with Gasteiger partial charge in [-0.25, -0.2) is 4.39 Å². The summed E-state index contributed by atoms with van der Waals surface area (Å²) in [5.74, 6) is 1.14. The van der Waals surface area contributed by atoms with Crippen molar-refractivity contribution in [1.29, 1.82) is 0 Å². The summed E-state index contributed by atoms with van der Waals surface area (Å²) < 4.78 is 13.4. The molecule has 1 N–H and O–H groups in total. The minimum atomic E-state index is -0.291. The zero-order valence-electron chi connectivity index (χ0n) is 10.4. The molecule has 0 aliphatic heterocycles. The maximum absolute atomic E-state index is 13.4. The lowest BCUT2D eigenvalue weighted by Gasteiger charge is -2.22. The number of halogens is 1. The first-order valence-corrected chi connectivity index (χ1v) is 6.75. The van der Waals surface area contributed by atoms with E-state index in [9.17, 15) is 9.18 Å². The Hall–Kier alpha value is -1.38. The number of fused-ring (bicyclic) bond motifs is 2. The third-order valence-corrected chi connectivity index (χ3v) is 4.39. The molecule has 0 radical (unpaired) electrons. The third-order valence-electron chi connectivity index (χ3n) is 4.39. The highest BCUT2D eigenvalue weighted by atomic mass is 19.1. The summed E-state index contributed by atoms with van der Waals surface area (Å²) in [5, 5.41) is 3.08. The lowest BCUT2D eigenvalue weighted by atomic mass is 9.95. The molecule has 96 valence electrons. The number of benzene rings is 1. The van der Waals surface area contributed by atoms with Crippen LogP contribution in [0, 0.1) is 17.7 Å². The van der Waals surface area contributed by atoms with Gasteiger partial charge in [-0.3, -0.25) is 4.79 Å². The minimum absolute atomic E-state index is 0.0438. The van der Waals surface area contributed by atoms with Crippen molar-refractivity contribution in [3.63, 3.8) is 0 Å². The molecule has 3 rings (SSSR count). The van der Waals surface area contributed by atoms with Gasteiger partial charge < -0.3 is 5.32 Å². The van der Waals surface area contributed by atoms with E-state index in [-0.39, 0.29) is 18.1 Å². The van der Waals surface area contributed by atoms with Crippen LogP contribution in [0.15, 0.2) is 24.3 Å². The van der Waals surface area contributed by atoms with Crippen molar-refractivity contribution < 1.29 is 9.18 Å². The maximum Gasteiger partial charge on any atom is 0.224 e. The standard InChI is InChI=1S/C15H18FNO/c16-13-4-2-1-3-11(13)9-15(18)17-14-8-10-5-6-12(14)7-10/h1-4,10,12,14H,5-9H2,(H,17,18)/t10-,12+,14+/m0/s1. The third kappa shape index (κ3) is 2.26. The van der Waals surface area contributed by atoms with Crippen LogP contribution in [0.25, 0.3) is 0 Å². The second kappa shape index (κ2) is 4.71. The molecule has 3 heteroatoms. The lowest BCUT2D eigenvalue weighted by Crippen LogP contribution is -2.39. The maximum atomic E-state index is 13.4. The van der Waals surface area contributed by atoms with Gasteiger partial charge in [0, 0.05) is 6.04 Å². The quantitative estimate of drug-likeness (QED) is 0.874. The Kier molecular flexibility index (Phi) is 3.06. The molecule has 3 atom stereocenters. The van der Waals surface area contributed by atoms with Crippen LogP contribution in [0.2, 0.25) is 0 Å². The van der Waals surface area contributed by atoms with Crippen LogP contribution in [0.4, 0.5) is 4.39 Å². The Morgan fingerprint density at radius 1 is 1.28 bits per heavy atom. The van der Waals surface area contributed by atoms with E-state index >= 15 is 0 Å². The monoisotopic (exact) mass is 247 g/mol. The van der Waals surface area contributed by atoms with Crippen molar-refractivity contribution in [2.75, 3.05) is 0 Å². The summed E-state index contributed by atoms with van der Waals surface area (Å²) in [6, 6.07) is 6.83. The van der Waals surface area contributed by atoms with Gasteiger partial charge in [0.2, 0.25) is 5.91 Å². The van der Waals surface area contributed by atoms with Crippen LogP contribution in [-0.2, 0) is 11.2 Å². The molecule has 1 amide bonds. The molecule has 2 nitrogen and oxygen atoms in total. The fraction of sp³-hybridized carbons (Fsp3) is 0.533. The van der Waals surface area contributed by atoms with Crippen LogP contribution in [-0.4, -0.2) is 11.9 Å². The smallest absolute Gasteiger partial charge is 0.224 e. The zero-order chi connectivity index (χ0) is 12.5. The highest BCUT2D eigenvalue weighted by Crippen LogP contribution is 2.44. The largest absolute Gasteiger partial charge is 0.353 e. The summed E-state index contributed by atoms with van der Waals surface area (Å²) in [7, 11) is 0. The molecule has 0 spiro atoms. The molecule has 2 bridgehead atoms. The van der Waals surface area contributed by atoms with E-state index in [4.69, 9.17) is 0 Å². The van der Waals surface area contributed by atoms with Gasteiger partial charge in [-0.2, -0.15) is 0 Å². The van der Waals surface area contributed by atoms with Gasteiger partial charge in [-0.1, -0.05) is 24.6 Å². The van der Waals surface area contributed by atoms with Crippen LogP contribution < -0.4 is 5.32 Å². The predicted molar refractivity (Wildman–Crippen MR) is 67.5 cm³/mol. The number of carbonyl (C=O) groups excluding carboxylic acids is 1. The van der Waals surface area contributed by atoms with Crippen LogP contribution >= 0.6 is 0 Å². The fourth-order valence-electron chi connectivity index (χ4n) is 3.49. The highest BCUT2D eigenvalue weighted by Gasteiger charge is 2.39. The van der Waals surface area contributed by atoms with Gasteiger partial charge in [0.25, 0.3) is 0 Å². The van der Waals surface area contributed by atoms with E-state index in [1.807, 2.05) is 0 Å². The van der Waals surface area contributed by atoms with E-state index in [0.717, 1.165) is 12.3 Å². The number of nitrogens with one attached hydrogen (secondary N) is 1. The number of carbonyl (C=O) groups is 1. The normalized spacial score (nSPS) is 29.5. The van der Waals surface area contributed by atoms with Crippen molar-refractivity contribution in [1.82, 2.24) is 5.32 Å². The molecule has 1 aromatic rings. The first-order chi connectivity index (χ1) is 8.72. The summed E-state index contributed by atoms with van der Waals surface area (Å²) in [6.07, 6.45) is 5.11. The molecule has 2 aliphatic carbocycles. The van der Waals surface area contributed by atoms with Crippen LogP contribution in [0.3, 0.4) is 0 Å². The van der Waals surface area contributed by atoms with Crippen LogP contribution in [0.5, 0.6) is 0 Å². The molecule has 2 aliphatic rings. The molecular weight excluding hydrogens is 229 g/mol. The van der Waals surface area contributed by atoms with E-state index in [1.165, 1.54) is 25.3 Å². The second-order valence-electron chi connectivity index (χ2n) is 5.62. The van der Waals surface area contributed by atoms with Crippen molar-refractivity contribution in [2.45, 2.75) is 38.1 Å². The molecular formula is C15H18FNO. The average Bonchev–Trinajstić information content (AvgIpc) is 2.94. The molecule has 0 heterocycles. The van der Waals surface area contributed by atoms with Gasteiger partial charge >= 0.3 is 0 Å². The Balaban J connectivity index is 1.58. The Morgan fingerprint density at radius 3 is 2.78 bits per heavy atom. The first-order valence-electron chi connectivity index (χ1n) is 6.75. The number of rotatable bonds is 3. The molecule has 0 saturated heterocycles. The van der Waals surface area contributed by atoms with Crippen molar-refractivity contribution >= 4 is 5.91 Å². The van der Waals surface area contributed by atoms with Gasteiger partial charge in [-0.05, 0) is 42.7 Å². The van der Waals surface area contributed by atoms with Gasteiger partial charge in [0.15, 0.2) is 0 Å². The Bertz CT molecular complexity index is 460. The Morgan fingerprint density at radius 2 is 2.11 bits per heavy atom. The number of amides is 1. The highest BCUT2D eigenvalue weighted by molar-refractivity contribution is 5.79. The van der Waals surface area contributed by atoms with E-state index < -0.39 is 0 Å². The summed E-state index contributed by atoms with van der Waals surface area (Å²) in [5.41, 5.74) is 0.484. The van der Waals surface area contributed by atoms with E-state index in [1.54, 1.807) is 18.2 Å². The lowest BCUT2D eigenvalue weighted by molar-refractivity contribution is -0.121. The second-order valence-corrected chi connectivity index (χ2v) is 5.62. The predicted octanol–water partition coefficient (Wildman–Crippen LogP) is 2.67. The SMILES string of the molecule is O=C(Cc1ccccc1F)N[C@@H]1C[C@H]2CC[C@@H]1C2. The molecule has 18 heavy (non-hydrogen) atoms. The number of hydrogen-bond donors (Lipinski definition) is 1.